The van der Waals surface area contributed by atoms with Crippen LogP contribution in [0.5, 0.6) is 0 Å². The highest BCUT2D eigenvalue weighted by Gasteiger charge is 2.42. The molecular formula is C19H23NO3S. The van der Waals surface area contributed by atoms with Crippen molar-refractivity contribution in [3.8, 4) is 0 Å². The molecule has 2 aromatic carbocycles. The first kappa shape index (κ1) is 17.1. The summed E-state index contributed by atoms with van der Waals surface area (Å²) in [5.74, 6) is -0.136. The number of hydrogen-bond donors (Lipinski definition) is 1. The Kier molecular flexibility index (Phi) is 5.04. The van der Waals surface area contributed by atoms with Gasteiger partial charge in [0.05, 0.1) is 29.7 Å². The molecule has 5 heteroatoms. The second-order valence-corrected chi connectivity index (χ2v) is 8.42. The van der Waals surface area contributed by atoms with Crippen LogP contribution >= 0.6 is 0 Å². The van der Waals surface area contributed by atoms with Crippen LogP contribution in [0, 0.1) is 0 Å². The molecule has 1 aliphatic rings. The molecule has 2 aromatic rings. The Hall–Kier alpha value is -1.69. The fourth-order valence-electron chi connectivity index (χ4n) is 3.58. The molecule has 0 bridgehead atoms. The quantitative estimate of drug-likeness (QED) is 0.903. The van der Waals surface area contributed by atoms with Crippen molar-refractivity contribution in [2.75, 3.05) is 18.1 Å². The van der Waals surface area contributed by atoms with Gasteiger partial charge >= 0.3 is 0 Å². The van der Waals surface area contributed by atoms with Crippen molar-refractivity contribution in [2.45, 2.75) is 25.1 Å². The number of benzene rings is 2. The zero-order valence-electron chi connectivity index (χ0n) is 13.7. The van der Waals surface area contributed by atoms with Crippen LogP contribution in [0.25, 0.3) is 0 Å². The maximum atomic E-state index is 12.0. The lowest BCUT2D eigenvalue weighted by Crippen LogP contribution is -2.45. The summed E-state index contributed by atoms with van der Waals surface area (Å²) >= 11 is 0. The number of aliphatic hydroxyl groups is 1. The second-order valence-electron chi connectivity index (χ2n) is 6.27. The average molecular weight is 345 g/mol. The van der Waals surface area contributed by atoms with E-state index in [1.165, 1.54) is 0 Å². The molecule has 4 nitrogen and oxygen atoms in total. The van der Waals surface area contributed by atoms with Crippen LogP contribution < -0.4 is 0 Å². The Morgan fingerprint density at radius 2 is 1.50 bits per heavy atom. The molecule has 2 atom stereocenters. The molecular weight excluding hydrogens is 322 g/mol. The first-order valence-corrected chi connectivity index (χ1v) is 10.1. The van der Waals surface area contributed by atoms with E-state index in [0.29, 0.717) is 6.54 Å². The topological polar surface area (TPSA) is 57.6 Å². The van der Waals surface area contributed by atoms with Crippen LogP contribution in [0.3, 0.4) is 0 Å². The van der Waals surface area contributed by atoms with E-state index < -0.39 is 15.9 Å². The van der Waals surface area contributed by atoms with E-state index in [0.717, 1.165) is 11.1 Å². The van der Waals surface area contributed by atoms with Crippen LogP contribution in [-0.4, -0.2) is 48.6 Å². The Labute approximate surface area is 143 Å². The number of rotatable bonds is 5. The first-order valence-electron chi connectivity index (χ1n) is 8.26. The van der Waals surface area contributed by atoms with Crippen molar-refractivity contribution in [2.24, 2.45) is 0 Å². The highest BCUT2D eigenvalue weighted by atomic mass is 32.2. The fraction of sp³-hybridized carbons (Fsp3) is 0.368. The van der Waals surface area contributed by atoms with Gasteiger partial charge in [0.25, 0.3) is 0 Å². The summed E-state index contributed by atoms with van der Waals surface area (Å²) in [6.07, 6.45) is -0.843. The molecule has 0 saturated carbocycles. The summed E-state index contributed by atoms with van der Waals surface area (Å²) in [4.78, 5) is 2.11. The third-order valence-corrected chi connectivity index (χ3v) is 6.35. The molecule has 0 amide bonds. The van der Waals surface area contributed by atoms with E-state index >= 15 is 0 Å². The van der Waals surface area contributed by atoms with Gasteiger partial charge in [-0.2, -0.15) is 0 Å². The summed E-state index contributed by atoms with van der Waals surface area (Å²) in [5.41, 5.74) is 2.20. The van der Waals surface area contributed by atoms with E-state index in [2.05, 4.69) is 29.2 Å². The number of sulfone groups is 1. The van der Waals surface area contributed by atoms with Crippen LogP contribution in [0.1, 0.15) is 24.1 Å². The third kappa shape index (κ3) is 3.53. The third-order valence-electron chi connectivity index (χ3n) is 4.65. The van der Waals surface area contributed by atoms with Gasteiger partial charge in [-0.1, -0.05) is 67.6 Å². The molecule has 3 rings (SSSR count). The van der Waals surface area contributed by atoms with Crippen LogP contribution in [0.4, 0.5) is 0 Å². The SMILES string of the molecule is CCN(C(c1ccccc1)c1ccccc1)[C@@H]1CS(=O)(=O)C[C@@H]1O. The lowest BCUT2D eigenvalue weighted by molar-refractivity contribution is 0.0678. The maximum absolute atomic E-state index is 12.0. The molecule has 1 fully saturated rings. The summed E-state index contributed by atoms with van der Waals surface area (Å²) < 4.78 is 24.0. The number of aliphatic hydroxyl groups excluding tert-OH is 1. The minimum atomic E-state index is -3.19. The smallest absolute Gasteiger partial charge is 0.154 e. The minimum absolute atomic E-state index is 0.0121. The Morgan fingerprint density at radius 1 is 1.00 bits per heavy atom. The van der Waals surface area contributed by atoms with E-state index in [1.807, 2.05) is 43.3 Å². The molecule has 0 aromatic heterocycles. The minimum Gasteiger partial charge on any atom is -0.390 e. The summed E-state index contributed by atoms with van der Waals surface area (Å²) in [6, 6.07) is 19.6. The molecule has 0 spiro atoms. The monoisotopic (exact) mass is 345 g/mol. The van der Waals surface area contributed by atoms with Gasteiger partial charge in [-0.25, -0.2) is 8.42 Å². The number of nitrogens with zero attached hydrogens (tertiary/aromatic N) is 1. The predicted octanol–water partition coefficient (Wildman–Crippen LogP) is 2.26. The van der Waals surface area contributed by atoms with Gasteiger partial charge in [-0.15, -0.1) is 0 Å². The maximum Gasteiger partial charge on any atom is 0.154 e. The van der Waals surface area contributed by atoms with Crippen LogP contribution in [0.15, 0.2) is 60.7 Å². The molecule has 0 unspecified atom stereocenters. The van der Waals surface area contributed by atoms with E-state index in [4.69, 9.17) is 0 Å². The zero-order valence-corrected chi connectivity index (χ0v) is 14.6. The molecule has 128 valence electrons. The van der Waals surface area contributed by atoms with Crippen molar-refractivity contribution in [1.29, 1.82) is 0 Å². The van der Waals surface area contributed by atoms with Gasteiger partial charge in [0, 0.05) is 0 Å². The van der Waals surface area contributed by atoms with E-state index in [1.54, 1.807) is 0 Å². The van der Waals surface area contributed by atoms with Gasteiger partial charge in [0.2, 0.25) is 0 Å². The highest BCUT2D eigenvalue weighted by Crippen LogP contribution is 2.33. The molecule has 1 saturated heterocycles. The lowest BCUT2D eigenvalue weighted by atomic mass is 9.95. The van der Waals surface area contributed by atoms with Crippen LogP contribution in [-0.2, 0) is 9.84 Å². The van der Waals surface area contributed by atoms with Crippen molar-refractivity contribution in [3.05, 3.63) is 71.8 Å². The van der Waals surface area contributed by atoms with E-state index in [9.17, 15) is 13.5 Å². The number of hydrogen-bond acceptors (Lipinski definition) is 4. The highest BCUT2D eigenvalue weighted by molar-refractivity contribution is 7.91. The van der Waals surface area contributed by atoms with Gasteiger partial charge in [-0.3, -0.25) is 4.90 Å². The molecule has 0 radical (unpaired) electrons. The normalized spacial score (nSPS) is 23.0. The Morgan fingerprint density at radius 3 is 1.88 bits per heavy atom. The van der Waals surface area contributed by atoms with Gasteiger partial charge < -0.3 is 5.11 Å². The second kappa shape index (κ2) is 7.05. The lowest BCUT2D eigenvalue weighted by Gasteiger charge is -2.37. The molecule has 1 N–H and O–H groups in total. The standard InChI is InChI=1S/C19H23NO3S/c1-2-20(17-13-24(22,23)14-18(17)21)19(15-9-5-3-6-10-15)16-11-7-4-8-12-16/h3-12,17-19,21H,2,13-14H2,1H3/t17-,18+/m1/s1. The molecule has 0 aliphatic carbocycles. The predicted molar refractivity (Wildman–Crippen MR) is 95.6 cm³/mol. The zero-order chi connectivity index (χ0) is 17.2. The van der Waals surface area contributed by atoms with Crippen molar-refractivity contribution >= 4 is 9.84 Å². The fourth-order valence-corrected chi connectivity index (χ4v) is 5.39. The van der Waals surface area contributed by atoms with Crippen LogP contribution in [0.2, 0.25) is 0 Å². The summed E-state index contributed by atoms with van der Waals surface area (Å²) in [6.45, 7) is 2.67. The van der Waals surface area contributed by atoms with Gasteiger partial charge in [-0.05, 0) is 17.7 Å². The molecule has 24 heavy (non-hydrogen) atoms. The average Bonchev–Trinajstić information content (AvgIpc) is 2.86. The van der Waals surface area contributed by atoms with Crippen molar-refractivity contribution in [1.82, 2.24) is 4.90 Å². The van der Waals surface area contributed by atoms with Crippen molar-refractivity contribution < 1.29 is 13.5 Å². The van der Waals surface area contributed by atoms with Gasteiger partial charge in [0.1, 0.15) is 0 Å². The summed E-state index contributed by atoms with van der Waals surface area (Å²) in [7, 11) is -3.19. The van der Waals surface area contributed by atoms with E-state index in [-0.39, 0.29) is 23.6 Å². The van der Waals surface area contributed by atoms with Gasteiger partial charge in [0.15, 0.2) is 9.84 Å². The molecule has 1 aliphatic heterocycles. The largest absolute Gasteiger partial charge is 0.390 e. The van der Waals surface area contributed by atoms with Crippen molar-refractivity contribution in [3.63, 3.8) is 0 Å². The molecule has 1 heterocycles. The number of likely N-dealkylation sites (N-methyl/N-ethyl adjacent to an activating group) is 1. The first-order chi connectivity index (χ1) is 11.5. The Balaban J connectivity index is 2.04. The summed E-state index contributed by atoms with van der Waals surface area (Å²) in [5, 5.41) is 10.3. The Bertz CT molecular complexity index is 722.